The summed E-state index contributed by atoms with van der Waals surface area (Å²) >= 11 is 0. The van der Waals surface area contributed by atoms with Crippen LogP contribution >= 0.6 is 0 Å². The fourth-order valence-corrected chi connectivity index (χ4v) is 7.29. The molecule has 1 amide bonds. The second kappa shape index (κ2) is 8.86. The molecule has 1 aromatic heterocycles. The fraction of sp³-hybridized carbons (Fsp3) is 0.438. The van der Waals surface area contributed by atoms with Crippen LogP contribution in [0.15, 0.2) is 60.3 Å². The third-order valence-corrected chi connectivity index (χ3v) is 9.83. The molecule has 2 aromatic carbocycles. The molecular formula is C32H34FN3O3. The van der Waals surface area contributed by atoms with E-state index < -0.39 is 11.1 Å². The Morgan fingerprint density at radius 2 is 1.87 bits per heavy atom. The molecule has 7 rings (SSSR count). The van der Waals surface area contributed by atoms with Crippen molar-refractivity contribution in [3.63, 3.8) is 0 Å². The second-order valence-corrected chi connectivity index (χ2v) is 12.1. The SMILES string of the molecule is O=C(NC1(CO)CC1)c1ccccc1CC[C@]1(O)CCC2=Cc3c(cnn3-c3ccc(F)cc3)C[C@@]21C1CC1. The van der Waals surface area contributed by atoms with Crippen LogP contribution in [0, 0.1) is 17.2 Å². The van der Waals surface area contributed by atoms with E-state index in [-0.39, 0.29) is 23.7 Å². The van der Waals surface area contributed by atoms with E-state index in [1.807, 2.05) is 35.1 Å². The van der Waals surface area contributed by atoms with Crippen molar-refractivity contribution in [3.05, 3.63) is 88.5 Å². The summed E-state index contributed by atoms with van der Waals surface area (Å²) in [5.41, 5.74) is 4.17. The molecule has 4 aliphatic carbocycles. The highest BCUT2D eigenvalue weighted by atomic mass is 19.1. The van der Waals surface area contributed by atoms with Crippen LogP contribution in [-0.4, -0.2) is 43.6 Å². The Bertz CT molecular complexity index is 1470. The summed E-state index contributed by atoms with van der Waals surface area (Å²) < 4.78 is 15.4. The van der Waals surface area contributed by atoms with Gasteiger partial charge in [0.05, 0.1) is 35.3 Å². The van der Waals surface area contributed by atoms with Crippen LogP contribution in [0.4, 0.5) is 4.39 Å². The van der Waals surface area contributed by atoms with E-state index in [1.165, 1.54) is 17.7 Å². The van der Waals surface area contributed by atoms with E-state index in [9.17, 15) is 19.4 Å². The number of nitrogens with one attached hydrogen (secondary N) is 1. The quantitative estimate of drug-likeness (QED) is 0.394. The van der Waals surface area contributed by atoms with Gasteiger partial charge in [0.2, 0.25) is 0 Å². The Morgan fingerprint density at radius 3 is 2.59 bits per heavy atom. The molecule has 202 valence electrons. The Morgan fingerprint density at radius 1 is 1.10 bits per heavy atom. The largest absolute Gasteiger partial charge is 0.394 e. The van der Waals surface area contributed by atoms with Crippen molar-refractivity contribution in [2.75, 3.05) is 6.61 Å². The van der Waals surface area contributed by atoms with Gasteiger partial charge >= 0.3 is 0 Å². The lowest BCUT2D eigenvalue weighted by atomic mass is 9.61. The van der Waals surface area contributed by atoms with Crippen molar-refractivity contribution in [1.82, 2.24) is 15.1 Å². The molecule has 7 heteroatoms. The number of nitrogens with zero attached hydrogens (tertiary/aromatic N) is 2. The van der Waals surface area contributed by atoms with Crippen LogP contribution in [0.2, 0.25) is 0 Å². The van der Waals surface area contributed by atoms with E-state index >= 15 is 0 Å². The Hall–Kier alpha value is -3.29. The molecular weight excluding hydrogens is 493 g/mol. The number of aliphatic hydroxyl groups excluding tert-OH is 1. The maximum atomic E-state index is 13.5. The van der Waals surface area contributed by atoms with Crippen LogP contribution in [0.1, 0.15) is 72.1 Å². The first-order chi connectivity index (χ1) is 18.9. The number of fused-ring (bicyclic) bond motifs is 2. The van der Waals surface area contributed by atoms with Crippen LogP contribution in [0.5, 0.6) is 0 Å². The average Bonchev–Trinajstić information content (AvgIpc) is 3.88. The summed E-state index contributed by atoms with van der Waals surface area (Å²) in [6.45, 7) is -0.0423. The second-order valence-electron chi connectivity index (χ2n) is 12.1. The first-order valence-corrected chi connectivity index (χ1v) is 14.1. The van der Waals surface area contributed by atoms with Crippen LogP contribution < -0.4 is 5.32 Å². The van der Waals surface area contributed by atoms with Gasteiger partial charge in [-0.05, 0) is 111 Å². The molecule has 0 aliphatic heterocycles. The van der Waals surface area contributed by atoms with Crippen molar-refractivity contribution in [1.29, 1.82) is 0 Å². The van der Waals surface area contributed by atoms with Crippen molar-refractivity contribution < 1.29 is 19.4 Å². The number of aliphatic hydroxyl groups is 2. The van der Waals surface area contributed by atoms with E-state index in [0.717, 1.165) is 61.0 Å². The Kier molecular flexibility index (Phi) is 5.62. The monoisotopic (exact) mass is 527 g/mol. The molecule has 0 bridgehead atoms. The molecule has 4 aliphatic rings. The highest BCUT2D eigenvalue weighted by Crippen LogP contribution is 2.66. The van der Waals surface area contributed by atoms with Crippen molar-refractivity contribution in [2.45, 2.75) is 68.9 Å². The highest BCUT2D eigenvalue weighted by Gasteiger charge is 2.63. The number of aromatic nitrogens is 2. The molecule has 3 saturated carbocycles. The number of amides is 1. The summed E-state index contributed by atoms with van der Waals surface area (Å²) in [5, 5.41) is 29.8. The molecule has 3 aromatic rings. The van der Waals surface area contributed by atoms with Crippen molar-refractivity contribution in [3.8, 4) is 5.69 Å². The molecule has 2 atom stereocenters. The number of rotatable bonds is 8. The summed E-state index contributed by atoms with van der Waals surface area (Å²) in [6.07, 6.45) is 11.4. The molecule has 0 unspecified atom stereocenters. The zero-order valence-corrected chi connectivity index (χ0v) is 22.0. The predicted molar refractivity (Wildman–Crippen MR) is 146 cm³/mol. The number of benzene rings is 2. The number of hydrogen-bond acceptors (Lipinski definition) is 4. The number of carbonyl (C=O) groups is 1. The lowest BCUT2D eigenvalue weighted by Gasteiger charge is -2.46. The normalized spacial score (nSPS) is 26.5. The highest BCUT2D eigenvalue weighted by molar-refractivity contribution is 5.96. The lowest BCUT2D eigenvalue weighted by Crippen LogP contribution is -2.49. The molecule has 3 N–H and O–H groups in total. The average molecular weight is 528 g/mol. The van der Waals surface area contributed by atoms with Crippen LogP contribution in [-0.2, 0) is 12.8 Å². The first-order valence-electron chi connectivity index (χ1n) is 14.1. The fourth-order valence-electron chi connectivity index (χ4n) is 7.29. The molecule has 0 saturated heterocycles. The van der Waals surface area contributed by atoms with Gasteiger partial charge in [-0.1, -0.05) is 23.8 Å². The maximum Gasteiger partial charge on any atom is 0.252 e. The molecule has 6 nitrogen and oxygen atoms in total. The van der Waals surface area contributed by atoms with Gasteiger partial charge in [0.15, 0.2) is 0 Å². The smallest absolute Gasteiger partial charge is 0.252 e. The molecule has 1 heterocycles. The van der Waals surface area contributed by atoms with Gasteiger partial charge in [0.25, 0.3) is 5.91 Å². The van der Waals surface area contributed by atoms with E-state index in [0.29, 0.717) is 30.7 Å². The van der Waals surface area contributed by atoms with Crippen molar-refractivity contribution >= 4 is 12.0 Å². The Labute approximate surface area is 227 Å². The van der Waals surface area contributed by atoms with E-state index in [2.05, 4.69) is 16.5 Å². The van der Waals surface area contributed by atoms with E-state index in [1.54, 1.807) is 12.1 Å². The molecule has 0 spiro atoms. The standard InChI is InChI=1S/C32H34FN3O3/c33-25-7-9-26(10-8-25)36-28-17-24-12-14-31(39,32(24,23-5-6-23)18-22(28)19-34-36)13-11-21-3-1-2-4-27(21)29(38)35-30(20-37)15-16-30/h1-4,7-10,17,19,23,37,39H,5-6,11-16,18,20H2,(H,35,38)/t31-,32+/m0/s1. The first kappa shape index (κ1) is 24.7. The molecule has 3 fully saturated rings. The van der Waals surface area contributed by atoms with Gasteiger partial charge in [0.1, 0.15) is 5.82 Å². The Balaban J connectivity index is 1.17. The zero-order chi connectivity index (χ0) is 26.8. The molecule has 39 heavy (non-hydrogen) atoms. The van der Waals surface area contributed by atoms with Crippen LogP contribution in [0.25, 0.3) is 11.8 Å². The lowest BCUT2D eigenvalue weighted by molar-refractivity contribution is -0.0661. The third-order valence-electron chi connectivity index (χ3n) is 9.83. The minimum atomic E-state index is -0.873. The number of aryl methyl sites for hydroxylation is 1. The summed E-state index contributed by atoms with van der Waals surface area (Å²) in [7, 11) is 0. The maximum absolute atomic E-state index is 13.5. The van der Waals surface area contributed by atoms with Gasteiger partial charge < -0.3 is 15.5 Å². The van der Waals surface area contributed by atoms with Crippen molar-refractivity contribution in [2.24, 2.45) is 11.3 Å². The van der Waals surface area contributed by atoms with Crippen LogP contribution in [0.3, 0.4) is 0 Å². The minimum absolute atomic E-state index is 0.0423. The number of hydrogen-bond donors (Lipinski definition) is 3. The topological polar surface area (TPSA) is 87.4 Å². The number of halogens is 1. The summed E-state index contributed by atoms with van der Waals surface area (Å²) in [6, 6.07) is 14.0. The van der Waals surface area contributed by atoms with Gasteiger partial charge in [-0.25, -0.2) is 9.07 Å². The summed E-state index contributed by atoms with van der Waals surface area (Å²) in [5.74, 6) is 0.0196. The number of carbonyl (C=O) groups excluding carboxylic acids is 1. The third kappa shape index (κ3) is 3.97. The minimum Gasteiger partial charge on any atom is -0.394 e. The van der Waals surface area contributed by atoms with Gasteiger partial charge in [-0.2, -0.15) is 5.10 Å². The van der Waals surface area contributed by atoms with Gasteiger partial charge in [-0.3, -0.25) is 4.79 Å². The van der Waals surface area contributed by atoms with Gasteiger partial charge in [0, 0.05) is 11.0 Å². The predicted octanol–water partition coefficient (Wildman–Crippen LogP) is 4.76. The summed E-state index contributed by atoms with van der Waals surface area (Å²) in [4.78, 5) is 13.1. The zero-order valence-electron chi connectivity index (χ0n) is 22.0. The molecule has 0 radical (unpaired) electrons. The van der Waals surface area contributed by atoms with Gasteiger partial charge in [-0.15, -0.1) is 0 Å². The van der Waals surface area contributed by atoms with E-state index in [4.69, 9.17) is 0 Å².